The van der Waals surface area contributed by atoms with Crippen molar-refractivity contribution in [3.8, 4) is 17.0 Å². The van der Waals surface area contributed by atoms with Gasteiger partial charge in [0.1, 0.15) is 23.5 Å². The zero-order valence-corrected chi connectivity index (χ0v) is 16.9. The second-order valence-electron chi connectivity index (χ2n) is 7.24. The maximum Gasteiger partial charge on any atom is 0.223 e. The topological polar surface area (TPSA) is 58.8 Å². The molecule has 0 atom stereocenters. The maximum atomic E-state index is 14.1. The Bertz CT molecular complexity index is 1010. The average Bonchev–Trinajstić information content (AvgIpc) is 3.26. The first kappa shape index (κ1) is 19.9. The third-order valence-corrected chi connectivity index (χ3v) is 5.43. The predicted octanol–water partition coefficient (Wildman–Crippen LogP) is 3.77. The van der Waals surface area contributed by atoms with E-state index in [0.717, 1.165) is 30.1 Å². The van der Waals surface area contributed by atoms with Crippen molar-refractivity contribution in [3.63, 3.8) is 0 Å². The lowest BCUT2D eigenvalue weighted by molar-refractivity contribution is -0.131. The number of aromatic nitrogens is 1. The number of aryl methyl sites for hydroxylation is 1. The number of hydrogen-bond donors (Lipinski definition) is 0. The molecule has 0 N–H and O–H groups in total. The summed E-state index contributed by atoms with van der Waals surface area (Å²) in [6, 6.07) is 14.4. The molecule has 7 heteroatoms. The van der Waals surface area contributed by atoms with Crippen molar-refractivity contribution in [1.82, 2.24) is 10.1 Å². The highest BCUT2D eigenvalue weighted by Crippen LogP contribution is 2.26. The molecule has 3 aromatic rings. The number of methoxy groups -OCH3 is 1. The van der Waals surface area contributed by atoms with Crippen LogP contribution in [0.25, 0.3) is 11.3 Å². The third-order valence-electron chi connectivity index (χ3n) is 5.43. The molecular weight excluding hydrogens is 385 g/mol. The number of amides is 1. The molecule has 1 aliphatic rings. The van der Waals surface area contributed by atoms with Crippen molar-refractivity contribution >= 4 is 11.6 Å². The molecule has 2 aromatic carbocycles. The lowest BCUT2D eigenvalue weighted by Gasteiger charge is -2.36. The van der Waals surface area contributed by atoms with Crippen LogP contribution in [0.5, 0.6) is 5.75 Å². The minimum Gasteiger partial charge on any atom is -0.497 e. The molecule has 0 bridgehead atoms. The zero-order chi connectivity index (χ0) is 20.9. The van der Waals surface area contributed by atoms with E-state index in [9.17, 15) is 9.18 Å². The van der Waals surface area contributed by atoms with Crippen LogP contribution in [0, 0.1) is 5.82 Å². The molecule has 1 fully saturated rings. The number of benzene rings is 2. The number of anilines is 1. The number of halogens is 1. The highest BCUT2D eigenvalue weighted by molar-refractivity contribution is 5.77. The van der Waals surface area contributed by atoms with Gasteiger partial charge in [0.15, 0.2) is 0 Å². The highest BCUT2D eigenvalue weighted by atomic mass is 19.1. The van der Waals surface area contributed by atoms with E-state index < -0.39 is 0 Å². The molecule has 1 aliphatic heterocycles. The van der Waals surface area contributed by atoms with Crippen LogP contribution in [0.4, 0.5) is 10.1 Å². The minimum absolute atomic E-state index is 0.0842. The Balaban J connectivity index is 1.33. The number of nitrogens with zero attached hydrogens (tertiary/aromatic N) is 3. The molecule has 0 aliphatic carbocycles. The van der Waals surface area contributed by atoms with Crippen LogP contribution < -0.4 is 9.64 Å². The van der Waals surface area contributed by atoms with Gasteiger partial charge < -0.3 is 19.1 Å². The summed E-state index contributed by atoms with van der Waals surface area (Å²) in [5, 5.41) is 3.94. The van der Waals surface area contributed by atoms with Gasteiger partial charge in [0.25, 0.3) is 0 Å². The number of carbonyl (C=O) groups excluding carboxylic acids is 1. The molecule has 0 unspecified atom stereocenters. The van der Waals surface area contributed by atoms with E-state index in [1.165, 1.54) is 12.3 Å². The molecule has 1 saturated heterocycles. The Morgan fingerprint density at radius 1 is 1.13 bits per heavy atom. The van der Waals surface area contributed by atoms with Crippen LogP contribution in [0.2, 0.25) is 0 Å². The van der Waals surface area contributed by atoms with Gasteiger partial charge in [-0.15, -0.1) is 0 Å². The van der Waals surface area contributed by atoms with Crippen LogP contribution in [0.15, 0.2) is 59.3 Å². The number of ether oxygens (including phenoxy) is 1. The Labute approximate surface area is 174 Å². The minimum atomic E-state index is -0.354. The first-order chi connectivity index (χ1) is 14.7. The van der Waals surface area contributed by atoms with E-state index in [2.05, 4.69) is 16.1 Å². The van der Waals surface area contributed by atoms with Crippen LogP contribution in [-0.2, 0) is 11.2 Å². The fourth-order valence-electron chi connectivity index (χ4n) is 3.73. The summed E-state index contributed by atoms with van der Waals surface area (Å²) in [7, 11) is 1.66. The first-order valence-corrected chi connectivity index (χ1v) is 10.0. The van der Waals surface area contributed by atoms with Crippen LogP contribution >= 0.6 is 0 Å². The second kappa shape index (κ2) is 8.98. The fourth-order valence-corrected chi connectivity index (χ4v) is 3.73. The van der Waals surface area contributed by atoms with Crippen LogP contribution in [0.1, 0.15) is 12.0 Å². The van der Waals surface area contributed by atoms with Crippen LogP contribution in [0.3, 0.4) is 0 Å². The standard InChI is InChI=1S/C23H24FN3O3/c1-29-19-6-4-5-18(15-19)26-11-13-27(14-12-26)22(28)10-9-17-16-30-25-23(17)20-7-2-3-8-21(20)24/h2-8,15-16H,9-14H2,1H3. The van der Waals surface area contributed by atoms with Gasteiger partial charge in [0.05, 0.1) is 7.11 Å². The van der Waals surface area contributed by atoms with Gasteiger partial charge in [-0.2, -0.15) is 0 Å². The van der Waals surface area contributed by atoms with Crippen LogP contribution in [-0.4, -0.2) is 49.3 Å². The summed E-state index contributed by atoms with van der Waals surface area (Å²) in [5.41, 5.74) is 2.69. The lowest BCUT2D eigenvalue weighted by Crippen LogP contribution is -2.48. The van der Waals surface area contributed by atoms with Crippen molar-refractivity contribution in [3.05, 3.63) is 66.2 Å². The van der Waals surface area contributed by atoms with Gasteiger partial charge >= 0.3 is 0 Å². The van der Waals surface area contributed by atoms with Gasteiger partial charge in [-0.25, -0.2) is 4.39 Å². The van der Waals surface area contributed by atoms with Crippen molar-refractivity contribution in [1.29, 1.82) is 0 Å². The van der Waals surface area contributed by atoms with E-state index in [1.54, 1.807) is 25.3 Å². The predicted molar refractivity (Wildman–Crippen MR) is 112 cm³/mol. The molecule has 0 radical (unpaired) electrons. The Hall–Kier alpha value is -3.35. The SMILES string of the molecule is COc1cccc(N2CCN(C(=O)CCc3conc3-c3ccccc3F)CC2)c1. The van der Waals surface area contributed by atoms with E-state index in [1.807, 2.05) is 23.1 Å². The van der Waals surface area contributed by atoms with E-state index in [-0.39, 0.29) is 11.7 Å². The summed E-state index contributed by atoms with van der Waals surface area (Å²) in [6.07, 6.45) is 2.29. The largest absolute Gasteiger partial charge is 0.497 e. The van der Waals surface area contributed by atoms with Gasteiger partial charge in [-0.3, -0.25) is 4.79 Å². The quantitative estimate of drug-likeness (QED) is 0.620. The zero-order valence-electron chi connectivity index (χ0n) is 16.9. The lowest BCUT2D eigenvalue weighted by atomic mass is 10.0. The Morgan fingerprint density at radius 3 is 2.70 bits per heavy atom. The molecule has 0 spiro atoms. The van der Waals surface area contributed by atoms with E-state index >= 15 is 0 Å². The average molecular weight is 409 g/mol. The molecule has 4 rings (SSSR count). The molecule has 0 saturated carbocycles. The normalized spacial score (nSPS) is 14.1. The molecular formula is C23H24FN3O3. The maximum absolute atomic E-state index is 14.1. The summed E-state index contributed by atoms with van der Waals surface area (Å²) in [6.45, 7) is 2.87. The van der Waals surface area contributed by atoms with E-state index in [0.29, 0.717) is 37.2 Å². The monoisotopic (exact) mass is 409 g/mol. The molecule has 6 nitrogen and oxygen atoms in total. The smallest absolute Gasteiger partial charge is 0.223 e. The molecule has 30 heavy (non-hydrogen) atoms. The number of carbonyl (C=O) groups is 1. The van der Waals surface area contributed by atoms with Crippen molar-refractivity contribution < 1.29 is 18.4 Å². The van der Waals surface area contributed by atoms with Gasteiger partial charge in [-0.05, 0) is 30.7 Å². The third kappa shape index (κ3) is 4.30. The summed E-state index contributed by atoms with van der Waals surface area (Å²) in [5.74, 6) is 0.555. The Kier molecular flexibility index (Phi) is 5.97. The summed E-state index contributed by atoms with van der Waals surface area (Å²) in [4.78, 5) is 16.8. The molecule has 156 valence electrons. The van der Waals surface area contributed by atoms with Gasteiger partial charge in [0, 0.05) is 55.5 Å². The molecule has 1 aromatic heterocycles. The number of piperazine rings is 1. The molecule has 1 amide bonds. The van der Waals surface area contributed by atoms with Crippen molar-refractivity contribution in [2.45, 2.75) is 12.8 Å². The summed E-state index contributed by atoms with van der Waals surface area (Å²) < 4.78 is 24.4. The van der Waals surface area contributed by atoms with Crippen molar-refractivity contribution in [2.75, 3.05) is 38.2 Å². The Morgan fingerprint density at radius 2 is 1.93 bits per heavy atom. The van der Waals surface area contributed by atoms with E-state index in [4.69, 9.17) is 9.26 Å². The number of hydrogen-bond acceptors (Lipinski definition) is 5. The fraction of sp³-hybridized carbons (Fsp3) is 0.304. The van der Waals surface area contributed by atoms with Gasteiger partial charge in [-0.1, -0.05) is 23.4 Å². The second-order valence-corrected chi connectivity index (χ2v) is 7.24. The van der Waals surface area contributed by atoms with Crippen molar-refractivity contribution in [2.24, 2.45) is 0 Å². The highest BCUT2D eigenvalue weighted by Gasteiger charge is 2.22. The summed E-state index contributed by atoms with van der Waals surface area (Å²) >= 11 is 0. The first-order valence-electron chi connectivity index (χ1n) is 10.0. The molecule has 2 heterocycles. The number of rotatable bonds is 6. The van der Waals surface area contributed by atoms with Gasteiger partial charge in [0.2, 0.25) is 5.91 Å².